The lowest BCUT2D eigenvalue weighted by molar-refractivity contribution is -0.384. The van der Waals surface area contributed by atoms with Crippen molar-refractivity contribution in [2.24, 2.45) is 0 Å². The van der Waals surface area contributed by atoms with E-state index in [0.717, 1.165) is 4.90 Å². The van der Waals surface area contributed by atoms with Crippen LogP contribution in [0, 0.1) is 10.1 Å². The van der Waals surface area contributed by atoms with Crippen molar-refractivity contribution in [2.75, 3.05) is 24.3 Å². The topological polar surface area (TPSA) is 90.7 Å². The Balaban J connectivity index is 1.57. The summed E-state index contributed by atoms with van der Waals surface area (Å²) in [5.41, 5.74) is 0.337. The van der Waals surface area contributed by atoms with Gasteiger partial charge >= 0.3 is 0 Å². The average molecular weight is 346 g/mol. The number of hydrogen-bond donors (Lipinski definition) is 1. The van der Waals surface area contributed by atoms with E-state index in [1.54, 1.807) is 6.07 Å². The van der Waals surface area contributed by atoms with Gasteiger partial charge in [0.05, 0.1) is 10.7 Å². The molecule has 0 unspecified atom stereocenters. The molecule has 0 aliphatic carbocycles. The van der Waals surface area contributed by atoms with Crippen molar-refractivity contribution in [1.82, 2.24) is 0 Å². The van der Waals surface area contributed by atoms with Crippen LogP contribution >= 0.6 is 11.8 Å². The number of nitro benzene ring substituents is 1. The van der Waals surface area contributed by atoms with E-state index < -0.39 is 4.92 Å². The maximum absolute atomic E-state index is 12.0. The number of carbonyl (C=O) groups is 1. The molecule has 0 fully saturated rings. The van der Waals surface area contributed by atoms with E-state index >= 15 is 0 Å². The fourth-order valence-corrected chi connectivity index (χ4v) is 2.88. The van der Waals surface area contributed by atoms with Gasteiger partial charge in [-0.25, -0.2) is 0 Å². The molecule has 2 aromatic rings. The number of anilines is 1. The van der Waals surface area contributed by atoms with E-state index in [0.29, 0.717) is 30.4 Å². The summed E-state index contributed by atoms with van der Waals surface area (Å²) in [6.07, 6.45) is 0. The Morgan fingerprint density at radius 1 is 1.17 bits per heavy atom. The van der Waals surface area contributed by atoms with Gasteiger partial charge < -0.3 is 14.8 Å². The Kier molecular flexibility index (Phi) is 4.85. The molecular weight excluding hydrogens is 332 g/mol. The minimum atomic E-state index is -0.500. The molecule has 0 atom stereocenters. The first-order valence-corrected chi connectivity index (χ1v) is 8.17. The third-order valence-corrected chi connectivity index (χ3v) is 4.22. The maximum Gasteiger partial charge on any atom is 0.271 e. The normalized spacial score (nSPS) is 12.5. The van der Waals surface area contributed by atoms with Crippen molar-refractivity contribution in [3.8, 4) is 11.5 Å². The second kappa shape index (κ2) is 7.22. The molecular formula is C16H14N2O5S. The highest BCUT2D eigenvalue weighted by atomic mass is 32.2. The second-order valence-corrected chi connectivity index (χ2v) is 6.00. The van der Waals surface area contributed by atoms with Gasteiger partial charge in [0.1, 0.15) is 13.2 Å². The Hall–Kier alpha value is -2.74. The predicted molar refractivity (Wildman–Crippen MR) is 89.9 cm³/mol. The minimum absolute atomic E-state index is 0.0627. The van der Waals surface area contributed by atoms with Crippen molar-refractivity contribution in [3.05, 3.63) is 52.6 Å². The molecule has 0 saturated carbocycles. The third kappa shape index (κ3) is 3.96. The molecule has 1 aliphatic rings. The van der Waals surface area contributed by atoms with Gasteiger partial charge in [-0.05, 0) is 24.3 Å². The number of carbonyl (C=O) groups excluding carboxylic acids is 1. The van der Waals surface area contributed by atoms with E-state index in [2.05, 4.69) is 5.32 Å². The van der Waals surface area contributed by atoms with Crippen LogP contribution in [-0.2, 0) is 4.79 Å². The highest BCUT2D eigenvalue weighted by Gasteiger charge is 2.13. The van der Waals surface area contributed by atoms with Crippen LogP contribution in [0.15, 0.2) is 47.4 Å². The van der Waals surface area contributed by atoms with Gasteiger partial charge in [0.25, 0.3) is 5.69 Å². The number of non-ortho nitro benzene ring substituents is 1. The molecule has 0 bridgehead atoms. The van der Waals surface area contributed by atoms with Gasteiger partial charge in [0, 0.05) is 22.7 Å². The van der Waals surface area contributed by atoms with Gasteiger partial charge in [-0.15, -0.1) is 11.8 Å². The molecule has 1 N–H and O–H groups in total. The summed E-state index contributed by atoms with van der Waals surface area (Å²) in [6, 6.07) is 11.3. The summed E-state index contributed by atoms with van der Waals surface area (Å²) in [7, 11) is 0. The summed E-state index contributed by atoms with van der Waals surface area (Å²) in [4.78, 5) is 23.1. The van der Waals surface area contributed by atoms with Crippen LogP contribution in [0.25, 0.3) is 0 Å². The lowest BCUT2D eigenvalue weighted by Gasteiger charge is -2.18. The Bertz CT molecular complexity index is 781. The zero-order valence-electron chi connectivity index (χ0n) is 12.6. The molecule has 1 aliphatic heterocycles. The lowest BCUT2D eigenvalue weighted by atomic mass is 10.3. The average Bonchev–Trinajstić information content (AvgIpc) is 2.60. The molecule has 7 nitrogen and oxygen atoms in total. The molecule has 3 rings (SSSR count). The quantitative estimate of drug-likeness (QED) is 0.508. The van der Waals surface area contributed by atoms with Gasteiger partial charge in [-0.1, -0.05) is 6.07 Å². The summed E-state index contributed by atoms with van der Waals surface area (Å²) in [5.74, 6) is 1.31. The van der Waals surface area contributed by atoms with Gasteiger partial charge in [0.2, 0.25) is 5.91 Å². The van der Waals surface area contributed by atoms with E-state index in [1.807, 2.05) is 18.2 Å². The third-order valence-electron chi connectivity index (χ3n) is 3.22. The van der Waals surface area contributed by atoms with Crippen LogP contribution in [0.3, 0.4) is 0 Å². The summed E-state index contributed by atoms with van der Waals surface area (Å²) >= 11 is 1.35. The molecule has 1 heterocycles. The number of nitrogens with zero attached hydrogens (tertiary/aromatic N) is 1. The van der Waals surface area contributed by atoms with Crippen LogP contribution < -0.4 is 14.8 Å². The number of hydrogen-bond acceptors (Lipinski definition) is 6. The Morgan fingerprint density at radius 2 is 1.96 bits per heavy atom. The smallest absolute Gasteiger partial charge is 0.271 e. The standard InChI is InChI=1S/C16H14N2O5S/c19-16(17-11-2-1-3-12(8-11)18(20)21)10-24-13-4-5-14-15(9-13)23-7-6-22-14/h1-5,8-9H,6-7,10H2,(H,17,19). The summed E-state index contributed by atoms with van der Waals surface area (Å²) in [5, 5.41) is 13.4. The fraction of sp³-hybridized carbons (Fsp3) is 0.188. The Labute approximate surface area is 142 Å². The summed E-state index contributed by atoms with van der Waals surface area (Å²) < 4.78 is 10.9. The molecule has 2 aromatic carbocycles. The van der Waals surface area contributed by atoms with E-state index in [1.165, 1.54) is 30.0 Å². The number of benzene rings is 2. The highest BCUT2D eigenvalue weighted by Crippen LogP contribution is 2.34. The largest absolute Gasteiger partial charge is 0.486 e. The van der Waals surface area contributed by atoms with Crippen molar-refractivity contribution in [1.29, 1.82) is 0 Å². The van der Waals surface area contributed by atoms with Crippen LogP contribution in [-0.4, -0.2) is 29.8 Å². The van der Waals surface area contributed by atoms with Crippen LogP contribution in [0.2, 0.25) is 0 Å². The number of fused-ring (bicyclic) bond motifs is 1. The Morgan fingerprint density at radius 3 is 2.75 bits per heavy atom. The summed E-state index contributed by atoms with van der Waals surface area (Å²) in [6.45, 7) is 1.04. The van der Waals surface area contributed by atoms with Crippen molar-refractivity contribution >= 4 is 29.0 Å². The van der Waals surface area contributed by atoms with E-state index in [9.17, 15) is 14.9 Å². The molecule has 0 saturated heterocycles. The molecule has 8 heteroatoms. The van der Waals surface area contributed by atoms with Crippen molar-refractivity contribution in [3.63, 3.8) is 0 Å². The molecule has 0 radical (unpaired) electrons. The second-order valence-electron chi connectivity index (χ2n) is 4.95. The predicted octanol–water partition coefficient (Wildman–Crippen LogP) is 3.10. The first-order valence-electron chi connectivity index (χ1n) is 7.18. The number of amides is 1. The highest BCUT2D eigenvalue weighted by molar-refractivity contribution is 8.00. The first kappa shape index (κ1) is 16.1. The lowest BCUT2D eigenvalue weighted by Crippen LogP contribution is -2.15. The zero-order valence-corrected chi connectivity index (χ0v) is 13.4. The monoisotopic (exact) mass is 346 g/mol. The molecule has 24 heavy (non-hydrogen) atoms. The van der Waals surface area contributed by atoms with Crippen LogP contribution in [0.5, 0.6) is 11.5 Å². The van der Waals surface area contributed by atoms with Crippen molar-refractivity contribution in [2.45, 2.75) is 4.90 Å². The van der Waals surface area contributed by atoms with Crippen molar-refractivity contribution < 1.29 is 19.2 Å². The zero-order chi connectivity index (χ0) is 16.9. The van der Waals surface area contributed by atoms with E-state index in [-0.39, 0.29) is 17.3 Å². The number of rotatable bonds is 5. The first-order chi connectivity index (χ1) is 11.6. The minimum Gasteiger partial charge on any atom is -0.486 e. The molecule has 1 amide bonds. The van der Waals surface area contributed by atoms with Gasteiger partial charge in [-0.2, -0.15) is 0 Å². The van der Waals surface area contributed by atoms with Gasteiger partial charge in [-0.3, -0.25) is 14.9 Å². The molecule has 0 spiro atoms. The number of ether oxygens (including phenoxy) is 2. The molecule has 124 valence electrons. The number of nitro groups is 1. The number of thioether (sulfide) groups is 1. The maximum atomic E-state index is 12.0. The van der Waals surface area contributed by atoms with Crippen LogP contribution in [0.4, 0.5) is 11.4 Å². The fourth-order valence-electron chi connectivity index (χ4n) is 2.16. The number of nitrogens with one attached hydrogen (secondary N) is 1. The van der Waals surface area contributed by atoms with Crippen LogP contribution in [0.1, 0.15) is 0 Å². The SMILES string of the molecule is O=C(CSc1ccc2c(c1)OCCO2)Nc1cccc([N+](=O)[O-])c1. The molecule has 0 aromatic heterocycles. The van der Waals surface area contributed by atoms with E-state index in [4.69, 9.17) is 9.47 Å². The van der Waals surface area contributed by atoms with Gasteiger partial charge in [0.15, 0.2) is 11.5 Å².